The Kier molecular flexibility index (Phi) is 8.70. The molecule has 1 aliphatic heterocycles. The summed E-state index contributed by atoms with van der Waals surface area (Å²) in [4.78, 5) is 34.4. The van der Waals surface area contributed by atoms with Crippen LogP contribution in [0.25, 0.3) is 16.8 Å². The van der Waals surface area contributed by atoms with Gasteiger partial charge in [-0.15, -0.1) is 0 Å². The van der Waals surface area contributed by atoms with Crippen LogP contribution in [0.3, 0.4) is 0 Å². The molecular formula is C30H34N6O8S2. The highest BCUT2D eigenvalue weighted by atomic mass is 32.2. The van der Waals surface area contributed by atoms with E-state index < -0.39 is 25.8 Å². The number of benzene rings is 2. The number of aryl methyl sites for hydroxylation is 1. The molecule has 16 heteroatoms. The second-order valence-corrected chi connectivity index (χ2v) is 15.1. The van der Waals surface area contributed by atoms with Crippen LogP contribution in [0.2, 0.25) is 0 Å². The number of methoxy groups -OCH3 is 1. The van der Waals surface area contributed by atoms with Gasteiger partial charge in [0.2, 0.25) is 5.91 Å². The standard InChI is InChI=1S/C30H34N6O8S2/c1-19-28(22-9-10-24(44-3)25(16-22)46(5,42)43)29-31-26(34-13-11-33(12-14-34)20(2)37)17-27(36(29)32-19)35(30(38)39)18-21-7-6-8-23(15-21)45(4,40)41/h6-10,15-17H,11-14,18H2,1-5H3,(H,38,39). The topological polar surface area (TPSA) is 172 Å². The zero-order valence-electron chi connectivity index (χ0n) is 26.0. The Morgan fingerprint density at radius 1 is 0.978 bits per heavy atom. The van der Waals surface area contributed by atoms with Crippen LogP contribution in [0.4, 0.5) is 16.4 Å². The maximum absolute atomic E-state index is 12.8. The lowest BCUT2D eigenvalue weighted by molar-refractivity contribution is -0.129. The van der Waals surface area contributed by atoms with E-state index in [4.69, 9.17) is 9.72 Å². The van der Waals surface area contributed by atoms with Crippen LogP contribution >= 0.6 is 0 Å². The van der Waals surface area contributed by atoms with E-state index in [0.29, 0.717) is 54.4 Å². The monoisotopic (exact) mass is 670 g/mol. The molecule has 4 aromatic rings. The van der Waals surface area contributed by atoms with E-state index in [9.17, 15) is 31.5 Å². The maximum Gasteiger partial charge on any atom is 0.413 e. The van der Waals surface area contributed by atoms with Crippen molar-refractivity contribution >= 4 is 49.0 Å². The van der Waals surface area contributed by atoms with Crippen molar-refractivity contribution in [3.05, 3.63) is 59.8 Å². The van der Waals surface area contributed by atoms with Crippen molar-refractivity contribution in [1.82, 2.24) is 19.5 Å². The molecule has 1 fully saturated rings. The average molecular weight is 671 g/mol. The second-order valence-electron chi connectivity index (χ2n) is 11.1. The van der Waals surface area contributed by atoms with Crippen LogP contribution in [0.15, 0.2) is 58.3 Å². The number of aromatic nitrogens is 3. The molecule has 0 unspecified atom stereocenters. The highest BCUT2D eigenvalue weighted by molar-refractivity contribution is 7.91. The third-order valence-electron chi connectivity index (χ3n) is 7.81. The number of carbonyl (C=O) groups excluding carboxylic acids is 1. The van der Waals surface area contributed by atoms with E-state index in [-0.39, 0.29) is 39.5 Å². The van der Waals surface area contributed by atoms with Gasteiger partial charge >= 0.3 is 6.09 Å². The van der Waals surface area contributed by atoms with Crippen molar-refractivity contribution in [2.24, 2.45) is 0 Å². The molecule has 2 amide bonds. The van der Waals surface area contributed by atoms with E-state index in [2.05, 4.69) is 5.10 Å². The van der Waals surface area contributed by atoms with Gasteiger partial charge in [-0.25, -0.2) is 26.6 Å². The lowest BCUT2D eigenvalue weighted by Gasteiger charge is -2.35. The first kappa shape index (κ1) is 32.7. The van der Waals surface area contributed by atoms with Crippen molar-refractivity contribution in [3.63, 3.8) is 0 Å². The molecule has 46 heavy (non-hydrogen) atoms. The third-order valence-corrected chi connectivity index (χ3v) is 10.0. The molecular weight excluding hydrogens is 636 g/mol. The third kappa shape index (κ3) is 6.48. The number of ether oxygens (including phenoxy) is 1. The quantitative estimate of drug-likeness (QED) is 0.292. The number of piperazine rings is 1. The fourth-order valence-corrected chi connectivity index (χ4v) is 7.01. The molecule has 2 aromatic carbocycles. The molecule has 1 N–H and O–H groups in total. The molecule has 1 aliphatic rings. The Morgan fingerprint density at radius 3 is 2.26 bits per heavy atom. The molecule has 0 bridgehead atoms. The van der Waals surface area contributed by atoms with Gasteiger partial charge in [-0.1, -0.05) is 18.2 Å². The number of fused-ring (bicyclic) bond motifs is 1. The lowest BCUT2D eigenvalue weighted by Crippen LogP contribution is -2.48. The highest BCUT2D eigenvalue weighted by Crippen LogP contribution is 2.36. The van der Waals surface area contributed by atoms with Crippen LogP contribution in [-0.2, 0) is 31.0 Å². The van der Waals surface area contributed by atoms with Crippen molar-refractivity contribution in [2.75, 3.05) is 55.6 Å². The van der Waals surface area contributed by atoms with Crippen LogP contribution in [0, 0.1) is 6.92 Å². The summed E-state index contributed by atoms with van der Waals surface area (Å²) in [5.74, 6) is 0.690. The first-order valence-electron chi connectivity index (χ1n) is 14.2. The maximum atomic E-state index is 12.8. The van der Waals surface area contributed by atoms with E-state index in [1.54, 1.807) is 42.2 Å². The summed E-state index contributed by atoms with van der Waals surface area (Å²) < 4.78 is 56.4. The first-order valence-corrected chi connectivity index (χ1v) is 18.0. The average Bonchev–Trinajstić information content (AvgIpc) is 3.34. The van der Waals surface area contributed by atoms with Crippen LogP contribution in [-0.4, -0.2) is 99.2 Å². The molecule has 244 valence electrons. The Balaban J connectivity index is 1.72. The smallest absolute Gasteiger partial charge is 0.413 e. The number of hydrogen-bond acceptors (Lipinski definition) is 10. The summed E-state index contributed by atoms with van der Waals surface area (Å²) in [5.41, 5.74) is 2.14. The Bertz CT molecular complexity index is 2070. The number of rotatable bonds is 8. The number of anilines is 2. The number of carboxylic acid groups (broad SMARTS) is 1. The van der Waals surface area contributed by atoms with Gasteiger partial charge in [-0.3, -0.25) is 9.69 Å². The molecule has 0 aliphatic carbocycles. The van der Waals surface area contributed by atoms with Crippen LogP contribution < -0.4 is 14.5 Å². The van der Waals surface area contributed by atoms with E-state index in [1.807, 2.05) is 4.90 Å². The van der Waals surface area contributed by atoms with E-state index >= 15 is 0 Å². The summed E-state index contributed by atoms with van der Waals surface area (Å²) in [6.07, 6.45) is 0.840. The predicted molar refractivity (Wildman–Crippen MR) is 171 cm³/mol. The highest BCUT2D eigenvalue weighted by Gasteiger charge is 2.28. The predicted octanol–water partition coefficient (Wildman–Crippen LogP) is 2.87. The van der Waals surface area contributed by atoms with E-state index in [0.717, 1.165) is 17.4 Å². The van der Waals surface area contributed by atoms with Gasteiger partial charge in [0.05, 0.1) is 24.2 Å². The van der Waals surface area contributed by atoms with Crippen molar-refractivity contribution in [2.45, 2.75) is 30.2 Å². The summed E-state index contributed by atoms with van der Waals surface area (Å²) in [6.45, 7) is 4.78. The van der Waals surface area contributed by atoms with Crippen molar-refractivity contribution in [3.8, 4) is 16.9 Å². The Labute approximate surface area is 266 Å². The SMILES string of the molecule is COc1ccc(-c2c(C)nn3c(N(Cc4cccc(S(C)(=O)=O)c4)C(=O)O)cc(N4CCN(C(C)=O)CC4)nc23)cc1S(C)(=O)=O. The summed E-state index contributed by atoms with van der Waals surface area (Å²) >= 11 is 0. The number of sulfone groups is 2. The number of hydrogen-bond donors (Lipinski definition) is 1. The van der Waals surface area contributed by atoms with Gasteiger partial charge in [0.1, 0.15) is 22.3 Å². The van der Waals surface area contributed by atoms with Crippen molar-refractivity contribution < 1.29 is 36.3 Å². The zero-order valence-corrected chi connectivity index (χ0v) is 27.6. The Morgan fingerprint density at radius 2 is 1.67 bits per heavy atom. The lowest BCUT2D eigenvalue weighted by atomic mass is 10.1. The van der Waals surface area contributed by atoms with Gasteiger partial charge in [-0.05, 0) is 42.3 Å². The minimum absolute atomic E-state index is 0.0269. The second kappa shape index (κ2) is 12.2. The van der Waals surface area contributed by atoms with Gasteiger partial charge in [0, 0.05) is 57.2 Å². The molecule has 14 nitrogen and oxygen atoms in total. The molecule has 5 rings (SSSR count). The van der Waals surface area contributed by atoms with Gasteiger partial charge in [0.25, 0.3) is 0 Å². The number of nitrogens with zero attached hydrogens (tertiary/aromatic N) is 6. The van der Waals surface area contributed by atoms with Crippen LogP contribution in [0.5, 0.6) is 5.75 Å². The fraction of sp³-hybridized carbons (Fsp3) is 0.333. The molecule has 3 heterocycles. The van der Waals surface area contributed by atoms with Gasteiger partial charge in [0.15, 0.2) is 25.3 Å². The first-order chi connectivity index (χ1) is 21.6. The Hall–Kier alpha value is -4.70. The van der Waals surface area contributed by atoms with E-state index in [1.165, 1.54) is 36.7 Å². The van der Waals surface area contributed by atoms with Crippen molar-refractivity contribution in [1.29, 1.82) is 0 Å². The number of amides is 2. The normalized spacial score (nSPS) is 14.0. The summed E-state index contributed by atoms with van der Waals surface area (Å²) in [5, 5.41) is 15.1. The van der Waals surface area contributed by atoms with Gasteiger partial charge < -0.3 is 19.6 Å². The number of carbonyl (C=O) groups is 2. The summed E-state index contributed by atoms with van der Waals surface area (Å²) in [6, 6.07) is 12.3. The molecule has 0 atom stereocenters. The largest absolute Gasteiger partial charge is 0.495 e. The minimum atomic E-state index is -3.69. The molecule has 1 saturated heterocycles. The molecule has 2 aromatic heterocycles. The minimum Gasteiger partial charge on any atom is -0.495 e. The molecule has 0 radical (unpaired) electrons. The van der Waals surface area contributed by atoms with Crippen LogP contribution in [0.1, 0.15) is 18.2 Å². The fourth-order valence-electron chi connectivity index (χ4n) is 5.46. The molecule has 0 spiro atoms. The van der Waals surface area contributed by atoms with Gasteiger partial charge in [-0.2, -0.15) is 9.61 Å². The molecule has 0 saturated carbocycles. The zero-order chi connectivity index (χ0) is 33.6. The summed E-state index contributed by atoms with van der Waals surface area (Å²) in [7, 11) is -5.85.